The minimum Gasteiger partial charge on any atom is -0.461 e. The molecular formula is C18H20N2O4S. The molecule has 1 aromatic carbocycles. The summed E-state index contributed by atoms with van der Waals surface area (Å²) in [6.07, 6.45) is 4.22. The molecule has 1 aliphatic carbocycles. The largest absolute Gasteiger partial charge is 0.461 e. The van der Waals surface area contributed by atoms with Crippen LogP contribution in [-0.4, -0.2) is 30.8 Å². The minimum atomic E-state index is -3.50. The second kappa shape index (κ2) is 5.98. The number of hydrogen-bond acceptors (Lipinski definition) is 5. The monoisotopic (exact) mass is 360 g/mol. The van der Waals surface area contributed by atoms with E-state index in [2.05, 4.69) is 5.10 Å². The Hall–Kier alpha value is -2.15. The highest BCUT2D eigenvalue weighted by Crippen LogP contribution is 2.43. The van der Waals surface area contributed by atoms with Crippen molar-refractivity contribution < 1.29 is 17.9 Å². The summed E-state index contributed by atoms with van der Waals surface area (Å²) in [6, 6.07) is 7.17. The van der Waals surface area contributed by atoms with Gasteiger partial charge in [0.15, 0.2) is 15.5 Å². The van der Waals surface area contributed by atoms with Gasteiger partial charge in [-0.3, -0.25) is 4.68 Å². The van der Waals surface area contributed by atoms with E-state index in [0.717, 1.165) is 31.4 Å². The summed E-state index contributed by atoms with van der Waals surface area (Å²) < 4.78 is 32.4. The summed E-state index contributed by atoms with van der Waals surface area (Å²) in [4.78, 5) is 12.7. The lowest BCUT2D eigenvalue weighted by molar-refractivity contribution is 0.0517. The highest BCUT2D eigenvalue weighted by molar-refractivity contribution is 7.90. The first-order chi connectivity index (χ1) is 12.0. The maximum absolute atomic E-state index is 12.7. The number of rotatable bonds is 3. The van der Waals surface area contributed by atoms with E-state index < -0.39 is 15.8 Å². The lowest BCUT2D eigenvalue weighted by atomic mass is 10.0. The molecule has 2 heterocycles. The molecule has 1 aliphatic heterocycles. The molecule has 132 valence electrons. The zero-order valence-corrected chi connectivity index (χ0v) is 14.9. The van der Waals surface area contributed by atoms with Crippen molar-refractivity contribution in [3.05, 3.63) is 35.5 Å². The van der Waals surface area contributed by atoms with Crippen LogP contribution in [0.1, 0.15) is 54.7 Å². The van der Waals surface area contributed by atoms with Crippen LogP contribution in [0.15, 0.2) is 29.2 Å². The molecule has 0 atom stereocenters. The lowest BCUT2D eigenvalue weighted by Gasteiger charge is -2.21. The van der Waals surface area contributed by atoms with Gasteiger partial charge in [-0.1, -0.05) is 31.0 Å². The van der Waals surface area contributed by atoms with Crippen LogP contribution in [0.5, 0.6) is 0 Å². The number of nitrogens with zero attached hydrogens (tertiary/aromatic N) is 2. The number of aromatic nitrogens is 2. The number of esters is 1. The van der Waals surface area contributed by atoms with E-state index in [1.807, 2.05) is 10.7 Å². The molecule has 25 heavy (non-hydrogen) atoms. The molecule has 2 aromatic rings. The number of sulfone groups is 1. The first kappa shape index (κ1) is 16.3. The van der Waals surface area contributed by atoms with E-state index >= 15 is 0 Å². The van der Waals surface area contributed by atoms with Gasteiger partial charge in [0, 0.05) is 11.1 Å². The van der Waals surface area contributed by atoms with Crippen LogP contribution in [0.25, 0.3) is 11.3 Å². The van der Waals surface area contributed by atoms with Crippen LogP contribution < -0.4 is 0 Å². The Bertz CT molecular complexity index is 940. The van der Waals surface area contributed by atoms with Crippen molar-refractivity contribution in [2.45, 2.75) is 49.3 Å². The lowest BCUT2D eigenvalue weighted by Crippen LogP contribution is -2.17. The molecule has 2 aliphatic rings. The Labute approximate surface area is 146 Å². The molecule has 1 fully saturated rings. The van der Waals surface area contributed by atoms with Gasteiger partial charge >= 0.3 is 5.97 Å². The molecule has 0 bridgehead atoms. The predicted molar refractivity (Wildman–Crippen MR) is 92.0 cm³/mol. The van der Waals surface area contributed by atoms with Crippen molar-refractivity contribution in [1.82, 2.24) is 9.78 Å². The van der Waals surface area contributed by atoms with Gasteiger partial charge in [-0.05, 0) is 25.8 Å². The first-order valence-corrected chi connectivity index (χ1v) is 10.3. The second-order valence-corrected chi connectivity index (χ2v) is 8.49. The summed E-state index contributed by atoms with van der Waals surface area (Å²) in [5, 5.41) is 4.53. The van der Waals surface area contributed by atoms with E-state index in [0.29, 0.717) is 16.0 Å². The number of carbonyl (C=O) groups is 1. The van der Waals surface area contributed by atoms with E-state index in [9.17, 15) is 13.2 Å². The van der Waals surface area contributed by atoms with Gasteiger partial charge in [0.2, 0.25) is 0 Å². The molecule has 0 unspecified atom stereocenters. The van der Waals surface area contributed by atoms with E-state index in [4.69, 9.17) is 4.74 Å². The van der Waals surface area contributed by atoms with Gasteiger partial charge in [0.1, 0.15) is 0 Å². The fourth-order valence-electron chi connectivity index (χ4n) is 3.87. The SMILES string of the molecule is CCOC(=O)c1nn(C2CCCC2)c2c1CS(=O)(=O)c1ccccc1-2. The van der Waals surface area contributed by atoms with Crippen LogP contribution >= 0.6 is 0 Å². The van der Waals surface area contributed by atoms with Crippen molar-refractivity contribution in [2.24, 2.45) is 0 Å². The van der Waals surface area contributed by atoms with Crippen molar-refractivity contribution >= 4 is 15.8 Å². The van der Waals surface area contributed by atoms with Gasteiger partial charge in [-0.2, -0.15) is 5.10 Å². The zero-order valence-electron chi connectivity index (χ0n) is 14.1. The molecule has 0 amide bonds. The number of fused-ring (bicyclic) bond motifs is 3. The number of carbonyl (C=O) groups excluding carboxylic acids is 1. The number of hydrogen-bond donors (Lipinski definition) is 0. The Kier molecular flexibility index (Phi) is 3.91. The minimum absolute atomic E-state index is 0.141. The third kappa shape index (κ3) is 2.57. The second-order valence-electron chi connectivity index (χ2n) is 6.53. The summed E-state index contributed by atoms with van der Waals surface area (Å²) in [6.45, 7) is 1.96. The molecule has 6 nitrogen and oxygen atoms in total. The van der Waals surface area contributed by atoms with Crippen LogP contribution in [0.2, 0.25) is 0 Å². The normalized spacial score (nSPS) is 18.6. The summed E-state index contributed by atoms with van der Waals surface area (Å²) in [5.74, 6) is -0.759. The molecule has 0 N–H and O–H groups in total. The maximum Gasteiger partial charge on any atom is 0.359 e. The molecule has 0 spiro atoms. The zero-order chi connectivity index (χ0) is 17.6. The number of ether oxygens (including phenoxy) is 1. The van der Waals surface area contributed by atoms with Gasteiger partial charge in [-0.15, -0.1) is 0 Å². The average Bonchev–Trinajstić information content (AvgIpc) is 3.22. The summed E-state index contributed by atoms with van der Waals surface area (Å²) >= 11 is 0. The Morgan fingerprint density at radius 2 is 2.00 bits per heavy atom. The van der Waals surface area contributed by atoms with Gasteiger partial charge in [-0.25, -0.2) is 13.2 Å². The molecule has 1 saturated carbocycles. The fraction of sp³-hybridized carbons (Fsp3) is 0.444. The van der Waals surface area contributed by atoms with E-state index in [1.165, 1.54) is 0 Å². The highest BCUT2D eigenvalue weighted by Gasteiger charge is 2.37. The third-order valence-electron chi connectivity index (χ3n) is 4.96. The predicted octanol–water partition coefficient (Wildman–Crippen LogP) is 3.13. The van der Waals surface area contributed by atoms with E-state index in [1.54, 1.807) is 25.1 Å². The van der Waals surface area contributed by atoms with Crippen molar-refractivity contribution in [1.29, 1.82) is 0 Å². The molecule has 1 aromatic heterocycles. The molecule has 4 rings (SSSR count). The van der Waals surface area contributed by atoms with Crippen molar-refractivity contribution in [3.8, 4) is 11.3 Å². The van der Waals surface area contributed by atoms with Crippen molar-refractivity contribution in [3.63, 3.8) is 0 Å². The summed E-state index contributed by atoms with van der Waals surface area (Å²) in [5.41, 5.74) is 2.02. The van der Waals surface area contributed by atoms with Crippen LogP contribution in [0.4, 0.5) is 0 Å². The third-order valence-corrected chi connectivity index (χ3v) is 6.65. The van der Waals surface area contributed by atoms with E-state index in [-0.39, 0.29) is 24.1 Å². The molecule has 0 radical (unpaired) electrons. The Balaban J connectivity index is 1.98. The van der Waals surface area contributed by atoms with Crippen LogP contribution in [0.3, 0.4) is 0 Å². The quantitative estimate of drug-likeness (QED) is 0.786. The molecular weight excluding hydrogens is 340 g/mol. The topological polar surface area (TPSA) is 78.3 Å². The fourth-order valence-corrected chi connectivity index (χ4v) is 5.46. The average molecular weight is 360 g/mol. The standard InChI is InChI=1S/C18H20N2O4S/c1-2-24-18(21)16-14-11-25(22,23)15-10-6-5-9-13(15)17(14)20(19-16)12-7-3-4-8-12/h5-6,9-10,12H,2-4,7-8,11H2,1H3. The van der Waals surface area contributed by atoms with Crippen LogP contribution in [-0.2, 0) is 20.3 Å². The van der Waals surface area contributed by atoms with Gasteiger partial charge in [0.05, 0.1) is 29.0 Å². The summed E-state index contributed by atoms with van der Waals surface area (Å²) in [7, 11) is -3.50. The number of benzene rings is 1. The Morgan fingerprint density at radius 1 is 1.28 bits per heavy atom. The highest BCUT2D eigenvalue weighted by atomic mass is 32.2. The van der Waals surface area contributed by atoms with Gasteiger partial charge < -0.3 is 4.74 Å². The molecule has 7 heteroatoms. The molecule has 0 saturated heterocycles. The maximum atomic E-state index is 12.7. The Morgan fingerprint density at radius 3 is 2.72 bits per heavy atom. The van der Waals surface area contributed by atoms with Gasteiger partial charge in [0.25, 0.3) is 0 Å². The van der Waals surface area contributed by atoms with Crippen LogP contribution in [0, 0.1) is 0 Å². The smallest absolute Gasteiger partial charge is 0.359 e. The first-order valence-electron chi connectivity index (χ1n) is 8.63. The van der Waals surface area contributed by atoms with Crippen molar-refractivity contribution in [2.75, 3.05) is 6.61 Å².